The summed E-state index contributed by atoms with van der Waals surface area (Å²) in [5.41, 5.74) is 0.0220. The van der Waals surface area contributed by atoms with Crippen molar-refractivity contribution in [2.24, 2.45) is 0 Å². The first-order chi connectivity index (χ1) is 14.0. The summed E-state index contributed by atoms with van der Waals surface area (Å²) in [6.07, 6.45) is 1.58. The lowest BCUT2D eigenvalue weighted by atomic mass is 10.2. The number of benzene rings is 2. The molecule has 0 fully saturated rings. The van der Waals surface area contributed by atoms with Crippen LogP contribution in [-0.4, -0.2) is 26.2 Å². The molecule has 7 heteroatoms. The lowest BCUT2D eigenvalue weighted by Gasteiger charge is -2.12. The standard InChI is InChI=1S/C22H21NO6/c1-4-11-23-20(24)13-27-15-9-10-16-19(12-15)28-14(2)22(21(16)25)29-18-8-6-5-7-17(18)26-3/h4-10,12H,1,11,13H2,2-3H3,(H,23,24). The zero-order chi connectivity index (χ0) is 20.8. The van der Waals surface area contributed by atoms with Crippen LogP contribution in [0.1, 0.15) is 5.76 Å². The van der Waals surface area contributed by atoms with Crippen molar-refractivity contribution in [2.75, 3.05) is 20.3 Å². The number of ether oxygens (including phenoxy) is 3. The van der Waals surface area contributed by atoms with Gasteiger partial charge in [0.15, 0.2) is 18.1 Å². The van der Waals surface area contributed by atoms with Crippen molar-refractivity contribution in [3.05, 3.63) is 71.1 Å². The maximum atomic E-state index is 12.9. The van der Waals surface area contributed by atoms with Gasteiger partial charge in [0.05, 0.1) is 12.5 Å². The minimum atomic E-state index is -0.315. The number of carbonyl (C=O) groups excluding carboxylic acids is 1. The highest BCUT2D eigenvalue weighted by atomic mass is 16.5. The highest BCUT2D eigenvalue weighted by molar-refractivity contribution is 5.80. The normalized spacial score (nSPS) is 10.4. The van der Waals surface area contributed by atoms with Gasteiger partial charge in [-0.3, -0.25) is 9.59 Å². The summed E-state index contributed by atoms with van der Waals surface area (Å²) in [6, 6.07) is 11.8. The third-order valence-electron chi connectivity index (χ3n) is 4.08. The van der Waals surface area contributed by atoms with Gasteiger partial charge < -0.3 is 23.9 Å². The molecule has 0 unspecified atom stereocenters. The van der Waals surface area contributed by atoms with Crippen molar-refractivity contribution < 1.29 is 23.4 Å². The number of hydrogen-bond donors (Lipinski definition) is 1. The number of amides is 1. The lowest BCUT2D eigenvalue weighted by molar-refractivity contribution is -0.122. The third kappa shape index (κ3) is 4.57. The van der Waals surface area contributed by atoms with Crippen LogP contribution in [-0.2, 0) is 4.79 Å². The van der Waals surface area contributed by atoms with Gasteiger partial charge in [-0.25, -0.2) is 0 Å². The molecule has 0 radical (unpaired) electrons. The predicted octanol–water partition coefficient (Wildman–Crippen LogP) is 3.58. The number of rotatable bonds is 8. The van der Waals surface area contributed by atoms with Crippen LogP contribution in [0.25, 0.3) is 11.0 Å². The fourth-order valence-corrected chi connectivity index (χ4v) is 2.68. The number of nitrogens with one attached hydrogen (secondary N) is 1. The van der Waals surface area contributed by atoms with E-state index in [4.69, 9.17) is 18.6 Å². The zero-order valence-electron chi connectivity index (χ0n) is 16.2. The van der Waals surface area contributed by atoms with Gasteiger partial charge in [0.1, 0.15) is 17.1 Å². The molecule has 2 aromatic carbocycles. The number of aryl methyl sites for hydroxylation is 1. The molecule has 0 bridgehead atoms. The summed E-state index contributed by atoms with van der Waals surface area (Å²) in [4.78, 5) is 24.5. The number of fused-ring (bicyclic) bond motifs is 1. The Morgan fingerprint density at radius 1 is 1.21 bits per heavy atom. The molecule has 3 aromatic rings. The van der Waals surface area contributed by atoms with Gasteiger partial charge in [-0.2, -0.15) is 0 Å². The van der Waals surface area contributed by atoms with Crippen molar-refractivity contribution in [1.82, 2.24) is 5.32 Å². The van der Waals surface area contributed by atoms with Gasteiger partial charge in [0.25, 0.3) is 5.91 Å². The second-order valence-corrected chi connectivity index (χ2v) is 6.11. The Balaban J connectivity index is 1.87. The predicted molar refractivity (Wildman–Crippen MR) is 109 cm³/mol. The van der Waals surface area contributed by atoms with Crippen LogP contribution in [0.5, 0.6) is 23.0 Å². The van der Waals surface area contributed by atoms with Crippen LogP contribution in [0.15, 0.2) is 64.3 Å². The smallest absolute Gasteiger partial charge is 0.258 e. The molecule has 29 heavy (non-hydrogen) atoms. The zero-order valence-corrected chi connectivity index (χ0v) is 16.2. The summed E-state index contributed by atoms with van der Waals surface area (Å²) >= 11 is 0. The van der Waals surface area contributed by atoms with Gasteiger partial charge in [-0.05, 0) is 31.2 Å². The van der Waals surface area contributed by atoms with Crippen molar-refractivity contribution in [2.45, 2.75) is 6.92 Å². The Morgan fingerprint density at radius 3 is 2.69 bits per heavy atom. The SMILES string of the molecule is C=CCNC(=O)COc1ccc2c(=O)c(Oc3ccccc3OC)c(C)oc2c1. The van der Waals surface area contributed by atoms with E-state index in [1.54, 1.807) is 55.5 Å². The Bertz CT molecular complexity index is 1100. The topological polar surface area (TPSA) is 87.0 Å². The van der Waals surface area contributed by atoms with Crippen LogP contribution in [0.3, 0.4) is 0 Å². The second-order valence-electron chi connectivity index (χ2n) is 6.11. The lowest BCUT2D eigenvalue weighted by Crippen LogP contribution is -2.28. The third-order valence-corrected chi connectivity index (χ3v) is 4.08. The van der Waals surface area contributed by atoms with E-state index in [1.165, 1.54) is 7.11 Å². The molecule has 1 aromatic heterocycles. The van der Waals surface area contributed by atoms with E-state index in [0.29, 0.717) is 40.5 Å². The Kier molecular flexibility index (Phi) is 6.19. The fourth-order valence-electron chi connectivity index (χ4n) is 2.68. The van der Waals surface area contributed by atoms with Crippen LogP contribution in [0.2, 0.25) is 0 Å². The Hall–Kier alpha value is -3.74. The van der Waals surface area contributed by atoms with Gasteiger partial charge >= 0.3 is 0 Å². The maximum absolute atomic E-state index is 12.9. The largest absolute Gasteiger partial charge is 0.493 e. The van der Waals surface area contributed by atoms with Crippen LogP contribution >= 0.6 is 0 Å². The molecule has 7 nitrogen and oxygen atoms in total. The van der Waals surface area contributed by atoms with Gasteiger partial charge in [-0.15, -0.1) is 6.58 Å². The molecule has 0 atom stereocenters. The van der Waals surface area contributed by atoms with E-state index < -0.39 is 0 Å². The molecule has 0 aliphatic heterocycles. The van der Waals surface area contributed by atoms with Crippen LogP contribution in [0.4, 0.5) is 0 Å². The summed E-state index contributed by atoms with van der Waals surface area (Å²) < 4.78 is 22.3. The van der Waals surface area contributed by atoms with E-state index in [9.17, 15) is 9.59 Å². The molecule has 1 N–H and O–H groups in total. The van der Waals surface area contributed by atoms with Crippen molar-refractivity contribution in [1.29, 1.82) is 0 Å². The van der Waals surface area contributed by atoms with E-state index in [2.05, 4.69) is 11.9 Å². The average Bonchev–Trinajstić information content (AvgIpc) is 2.73. The monoisotopic (exact) mass is 395 g/mol. The first-order valence-electron chi connectivity index (χ1n) is 8.92. The molecule has 0 spiro atoms. The molecule has 0 saturated carbocycles. The Morgan fingerprint density at radius 2 is 1.97 bits per heavy atom. The van der Waals surface area contributed by atoms with Crippen molar-refractivity contribution >= 4 is 16.9 Å². The van der Waals surface area contributed by atoms with E-state index in [1.807, 2.05) is 0 Å². The van der Waals surface area contributed by atoms with Crippen LogP contribution in [0, 0.1) is 6.92 Å². The average molecular weight is 395 g/mol. The summed E-state index contributed by atoms with van der Waals surface area (Å²) in [6.45, 7) is 5.38. The van der Waals surface area contributed by atoms with Crippen LogP contribution < -0.4 is 25.0 Å². The number of para-hydroxylation sites is 2. The maximum Gasteiger partial charge on any atom is 0.258 e. The molecular formula is C22H21NO6. The van der Waals surface area contributed by atoms with E-state index in [-0.39, 0.29) is 23.7 Å². The number of methoxy groups -OCH3 is 1. The molecule has 1 heterocycles. The van der Waals surface area contributed by atoms with E-state index in [0.717, 1.165) is 0 Å². The first-order valence-corrected chi connectivity index (χ1v) is 8.92. The molecule has 150 valence electrons. The summed E-state index contributed by atoms with van der Waals surface area (Å²) in [5.74, 6) is 1.45. The first kappa shape index (κ1) is 20.0. The minimum Gasteiger partial charge on any atom is -0.493 e. The fraction of sp³-hybridized carbons (Fsp3) is 0.182. The highest BCUT2D eigenvalue weighted by Crippen LogP contribution is 2.32. The van der Waals surface area contributed by atoms with Crippen molar-refractivity contribution in [3.63, 3.8) is 0 Å². The van der Waals surface area contributed by atoms with Crippen molar-refractivity contribution in [3.8, 4) is 23.0 Å². The quantitative estimate of drug-likeness (QED) is 0.587. The molecule has 0 aliphatic rings. The number of hydrogen-bond acceptors (Lipinski definition) is 6. The molecule has 0 saturated heterocycles. The molecule has 3 rings (SSSR count). The summed E-state index contributed by atoms with van der Waals surface area (Å²) in [7, 11) is 1.52. The number of carbonyl (C=O) groups is 1. The van der Waals surface area contributed by atoms with Gasteiger partial charge in [0, 0.05) is 12.6 Å². The molecule has 1 amide bonds. The summed E-state index contributed by atoms with van der Waals surface area (Å²) in [5, 5.41) is 2.95. The minimum absolute atomic E-state index is 0.0828. The van der Waals surface area contributed by atoms with Gasteiger partial charge in [0.2, 0.25) is 11.2 Å². The molecular weight excluding hydrogens is 374 g/mol. The highest BCUT2D eigenvalue weighted by Gasteiger charge is 2.16. The van der Waals surface area contributed by atoms with E-state index >= 15 is 0 Å². The Labute approximate surface area is 167 Å². The second kappa shape index (κ2) is 8.97. The van der Waals surface area contributed by atoms with Gasteiger partial charge in [-0.1, -0.05) is 18.2 Å². The molecule has 0 aliphatic carbocycles.